The summed E-state index contributed by atoms with van der Waals surface area (Å²) in [7, 11) is 1.67. The minimum atomic E-state index is 0.446. The summed E-state index contributed by atoms with van der Waals surface area (Å²) in [6, 6.07) is 10.8. The molecule has 0 fully saturated rings. The van der Waals surface area contributed by atoms with Gasteiger partial charge in [-0.25, -0.2) is 0 Å². The fourth-order valence-corrected chi connectivity index (χ4v) is 3.03. The smallest absolute Gasteiger partial charge is 0.161 e. The second-order valence-corrected chi connectivity index (χ2v) is 6.02. The van der Waals surface area contributed by atoms with Crippen LogP contribution in [0, 0.1) is 0 Å². The Hall–Kier alpha value is -1.52. The van der Waals surface area contributed by atoms with Gasteiger partial charge in [-0.3, -0.25) is 0 Å². The highest BCUT2D eigenvalue weighted by Crippen LogP contribution is 2.28. The van der Waals surface area contributed by atoms with E-state index in [9.17, 15) is 0 Å². The predicted octanol–water partition coefficient (Wildman–Crippen LogP) is 3.88. The van der Waals surface area contributed by atoms with Crippen molar-refractivity contribution in [3.05, 3.63) is 46.2 Å². The SMILES string of the molecule is CCOc1cc(CNC(C)Cc2cccs2)ccc1OC. The van der Waals surface area contributed by atoms with Crippen LogP contribution in [0.4, 0.5) is 0 Å². The first kappa shape index (κ1) is 15.9. The molecule has 4 heteroatoms. The third-order valence-electron chi connectivity index (χ3n) is 3.27. The highest BCUT2D eigenvalue weighted by molar-refractivity contribution is 7.09. The Morgan fingerprint density at radius 1 is 1.24 bits per heavy atom. The normalized spacial score (nSPS) is 12.1. The molecule has 1 aromatic heterocycles. The van der Waals surface area contributed by atoms with E-state index in [2.05, 4.69) is 35.8 Å². The molecular formula is C17H23NO2S. The number of ether oxygens (including phenoxy) is 2. The largest absolute Gasteiger partial charge is 0.493 e. The summed E-state index contributed by atoms with van der Waals surface area (Å²) in [5.74, 6) is 1.59. The molecule has 3 nitrogen and oxygen atoms in total. The van der Waals surface area contributed by atoms with Crippen molar-refractivity contribution in [2.24, 2.45) is 0 Å². The van der Waals surface area contributed by atoms with Crippen LogP contribution in [0.3, 0.4) is 0 Å². The van der Waals surface area contributed by atoms with E-state index in [0.29, 0.717) is 12.6 Å². The van der Waals surface area contributed by atoms with Crippen molar-refractivity contribution in [2.75, 3.05) is 13.7 Å². The van der Waals surface area contributed by atoms with Gasteiger partial charge in [-0.05, 0) is 49.4 Å². The average Bonchev–Trinajstić information content (AvgIpc) is 2.98. The number of nitrogens with one attached hydrogen (secondary N) is 1. The summed E-state index contributed by atoms with van der Waals surface area (Å²) in [5.41, 5.74) is 1.21. The maximum absolute atomic E-state index is 5.61. The van der Waals surface area contributed by atoms with E-state index in [0.717, 1.165) is 24.5 Å². The third kappa shape index (κ3) is 4.76. The summed E-state index contributed by atoms with van der Waals surface area (Å²) in [6.45, 7) is 5.67. The monoisotopic (exact) mass is 305 g/mol. The lowest BCUT2D eigenvalue weighted by Gasteiger charge is -2.15. The molecule has 0 bridgehead atoms. The molecule has 1 atom stereocenters. The molecule has 0 aliphatic heterocycles. The molecular weight excluding hydrogens is 282 g/mol. The molecule has 1 heterocycles. The number of benzene rings is 1. The van der Waals surface area contributed by atoms with Gasteiger partial charge < -0.3 is 14.8 Å². The second kappa shape index (κ2) is 8.05. The van der Waals surface area contributed by atoms with Crippen LogP contribution in [0.15, 0.2) is 35.7 Å². The maximum atomic E-state index is 5.61. The summed E-state index contributed by atoms with van der Waals surface area (Å²) in [6.07, 6.45) is 1.06. The quantitative estimate of drug-likeness (QED) is 0.803. The van der Waals surface area contributed by atoms with E-state index in [4.69, 9.17) is 9.47 Å². The fraction of sp³-hybridized carbons (Fsp3) is 0.412. The van der Waals surface area contributed by atoms with Crippen LogP contribution in [0.1, 0.15) is 24.3 Å². The van der Waals surface area contributed by atoms with Crippen LogP contribution in [0.5, 0.6) is 11.5 Å². The number of hydrogen-bond donors (Lipinski definition) is 1. The number of rotatable bonds is 8. The summed E-state index contributed by atoms with van der Waals surface area (Å²) >= 11 is 1.81. The molecule has 0 spiro atoms. The van der Waals surface area contributed by atoms with Crippen LogP contribution in [-0.4, -0.2) is 19.8 Å². The van der Waals surface area contributed by atoms with Crippen LogP contribution >= 0.6 is 11.3 Å². The zero-order chi connectivity index (χ0) is 15.1. The van der Waals surface area contributed by atoms with Crippen molar-refractivity contribution in [1.29, 1.82) is 0 Å². The summed E-state index contributed by atoms with van der Waals surface area (Å²) in [5, 5.41) is 5.68. The van der Waals surface area contributed by atoms with Crippen molar-refractivity contribution >= 4 is 11.3 Å². The first-order valence-corrected chi connectivity index (χ1v) is 8.16. The molecule has 0 aliphatic rings. The molecule has 2 rings (SSSR count). The van der Waals surface area contributed by atoms with Crippen molar-refractivity contribution in [2.45, 2.75) is 32.9 Å². The first-order chi connectivity index (χ1) is 10.2. The molecule has 1 N–H and O–H groups in total. The number of thiophene rings is 1. The molecule has 1 unspecified atom stereocenters. The van der Waals surface area contributed by atoms with Gasteiger partial charge >= 0.3 is 0 Å². The standard InChI is InChI=1S/C17H23NO2S/c1-4-20-17-11-14(7-8-16(17)19-3)12-18-13(2)10-15-6-5-9-21-15/h5-9,11,13,18H,4,10,12H2,1-3H3. The van der Waals surface area contributed by atoms with Gasteiger partial charge in [-0.15, -0.1) is 11.3 Å². The maximum Gasteiger partial charge on any atom is 0.161 e. The van der Waals surface area contributed by atoms with E-state index in [1.165, 1.54) is 10.4 Å². The Morgan fingerprint density at radius 3 is 2.76 bits per heavy atom. The van der Waals surface area contributed by atoms with Gasteiger partial charge in [0.1, 0.15) is 0 Å². The van der Waals surface area contributed by atoms with Gasteiger partial charge in [0.15, 0.2) is 11.5 Å². The summed E-state index contributed by atoms with van der Waals surface area (Å²) < 4.78 is 10.9. The van der Waals surface area contributed by atoms with Crippen LogP contribution in [0.2, 0.25) is 0 Å². The average molecular weight is 305 g/mol. The van der Waals surface area contributed by atoms with Gasteiger partial charge in [0.25, 0.3) is 0 Å². The van der Waals surface area contributed by atoms with Crippen LogP contribution < -0.4 is 14.8 Å². The van der Waals surface area contributed by atoms with Crippen molar-refractivity contribution < 1.29 is 9.47 Å². The minimum absolute atomic E-state index is 0.446. The zero-order valence-electron chi connectivity index (χ0n) is 12.9. The number of hydrogen-bond acceptors (Lipinski definition) is 4. The predicted molar refractivity (Wildman–Crippen MR) is 88.5 cm³/mol. The Balaban J connectivity index is 1.91. The van der Waals surface area contributed by atoms with E-state index in [1.807, 2.05) is 30.4 Å². The van der Waals surface area contributed by atoms with Crippen molar-refractivity contribution in [1.82, 2.24) is 5.32 Å². The van der Waals surface area contributed by atoms with E-state index >= 15 is 0 Å². The van der Waals surface area contributed by atoms with Crippen LogP contribution in [-0.2, 0) is 13.0 Å². The van der Waals surface area contributed by atoms with Gasteiger partial charge in [0.2, 0.25) is 0 Å². The minimum Gasteiger partial charge on any atom is -0.493 e. The molecule has 21 heavy (non-hydrogen) atoms. The Bertz CT molecular complexity index is 540. The lowest BCUT2D eigenvalue weighted by molar-refractivity contribution is 0.310. The lowest BCUT2D eigenvalue weighted by atomic mass is 10.1. The van der Waals surface area contributed by atoms with Crippen molar-refractivity contribution in [3.63, 3.8) is 0 Å². The van der Waals surface area contributed by atoms with Crippen LogP contribution in [0.25, 0.3) is 0 Å². The van der Waals surface area contributed by atoms with Gasteiger partial charge in [0, 0.05) is 17.5 Å². The number of methoxy groups -OCH3 is 1. The first-order valence-electron chi connectivity index (χ1n) is 7.28. The molecule has 114 valence electrons. The molecule has 2 aromatic rings. The van der Waals surface area contributed by atoms with E-state index < -0.39 is 0 Å². The highest BCUT2D eigenvalue weighted by atomic mass is 32.1. The van der Waals surface area contributed by atoms with Gasteiger partial charge in [-0.2, -0.15) is 0 Å². The molecule has 0 saturated heterocycles. The fourth-order valence-electron chi connectivity index (χ4n) is 2.19. The zero-order valence-corrected chi connectivity index (χ0v) is 13.7. The third-order valence-corrected chi connectivity index (χ3v) is 4.17. The Labute approximate surface area is 130 Å². The molecule has 0 amide bonds. The van der Waals surface area contributed by atoms with Crippen molar-refractivity contribution in [3.8, 4) is 11.5 Å². The highest BCUT2D eigenvalue weighted by Gasteiger charge is 2.07. The lowest BCUT2D eigenvalue weighted by Crippen LogP contribution is -2.27. The molecule has 0 aliphatic carbocycles. The Morgan fingerprint density at radius 2 is 2.10 bits per heavy atom. The van der Waals surface area contributed by atoms with E-state index in [1.54, 1.807) is 7.11 Å². The Kier molecular flexibility index (Phi) is 6.08. The molecule has 1 aromatic carbocycles. The van der Waals surface area contributed by atoms with E-state index in [-0.39, 0.29) is 0 Å². The topological polar surface area (TPSA) is 30.5 Å². The summed E-state index contributed by atoms with van der Waals surface area (Å²) in [4.78, 5) is 1.42. The molecule has 0 saturated carbocycles. The second-order valence-electron chi connectivity index (χ2n) is 4.98. The van der Waals surface area contributed by atoms with Gasteiger partial charge in [0.05, 0.1) is 13.7 Å². The molecule has 0 radical (unpaired) electrons. The van der Waals surface area contributed by atoms with Gasteiger partial charge in [-0.1, -0.05) is 12.1 Å².